The average Bonchev–Trinajstić information content (AvgIpc) is 2.48. The predicted molar refractivity (Wildman–Crippen MR) is 70.8 cm³/mol. The van der Waals surface area contributed by atoms with Crippen LogP contribution in [0.3, 0.4) is 0 Å². The molecular weight excluding hydrogens is 242 g/mol. The molecule has 1 aromatic carbocycles. The SMILES string of the molecule is O=C(NCc1cccnc1)C(=NO)c1ccccc1. The first-order valence-electron chi connectivity index (χ1n) is 5.76. The third kappa shape index (κ3) is 3.38. The number of pyridine rings is 1. The van der Waals surface area contributed by atoms with Gasteiger partial charge in [-0.15, -0.1) is 0 Å². The molecule has 2 N–H and O–H groups in total. The molecular formula is C14H13N3O2. The van der Waals surface area contributed by atoms with E-state index in [1.54, 1.807) is 42.7 Å². The number of benzene rings is 1. The van der Waals surface area contributed by atoms with Crippen molar-refractivity contribution in [3.05, 3.63) is 66.0 Å². The van der Waals surface area contributed by atoms with Gasteiger partial charge in [-0.2, -0.15) is 0 Å². The largest absolute Gasteiger partial charge is 0.410 e. The quantitative estimate of drug-likeness (QED) is 0.495. The molecule has 0 aliphatic carbocycles. The Labute approximate surface area is 110 Å². The zero-order valence-corrected chi connectivity index (χ0v) is 10.2. The highest BCUT2D eigenvalue weighted by Gasteiger charge is 2.13. The van der Waals surface area contributed by atoms with E-state index in [1.807, 2.05) is 12.1 Å². The molecule has 0 radical (unpaired) electrons. The van der Waals surface area contributed by atoms with Crippen molar-refractivity contribution >= 4 is 11.6 Å². The number of carbonyl (C=O) groups excluding carboxylic acids is 1. The van der Waals surface area contributed by atoms with Gasteiger partial charge < -0.3 is 10.5 Å². The van der Waals surface area contributed by atoms with Crippen LogP contribution in [0.4, 0.5) is 0 Å². The van der Waals surface area contributed by atoms with Gasteiger partial charge in [0.1, 0.15) is 0 Å². The Bertz CT molecular complexity index is 568. The van der Waals surface area contributed by atoms with Crippen molar-refractivity contribution in [3.63, 3.8) is 0 Å². The van der Waals surface area contributed by atoms with Crippen molar-refractivity contribution in [2.45, 2.75) is 6.54 Å². The van der Waals surface area contributed by atoms with Crippen molar-refractivity contribution in [2.24, 2.45) is 5.16 Å². The van der Waals surface area contributed by atoms with Crippen LogP contribution in [-0.4, -0.2) is 21.8 Å². The maximum absolute atomic E-state index is 11.9. The van der Waals surface area contributed by atoms with Gasteiger partial charge in [0.05, 0.1) is 0 Å². The summed E-state index contributed by atoms with van der Waals surface area (Å²) >= 11 is 0. The van der Waals surface area contributed by atoms with Gasteiger partial charge in [0.25, 0.3) is 5.91 Å². The minimum absolute atomic E-state index is 0.00973. The summed E-state index contributed by atoms with van der Waals surface area (Å²) in [5.41, 5.74) is 1.43. The normalized spacial score (nSPS) is 11.1. The topological polar surface area (TPSA) is 74.6 Å². The van der Waals surface area contributed by atoms with Crippen LogP contribution in [0.5, 0.6) is 0 Å². The number of amides is 1. The molecule has 96 valence electrons. The number of rotatable bonds is 4. The van der Waals surface area contributed by atoms with Crippen molar-refractivity contribution in [1.29, 1.82) is 0 Å². The maximum Gasteiger partial charge on any atom is 0.274 e. The molecule has 1 aromatic heterocycles. The second-order valence-corrected chi connectivity index (χ2v) is 3.86. The van der Waals surface area contributed by atoms with Crippen LogP contribution in [0.1, 0.15) is 11.1 Å². The molecule has 1 heterocycles. The summed E-state index contributed by atoms with van der Waals surface area (Å²) in [7, 11) is 0. The van der Waals surface area contributed by atoms with E-state index in [-0.39, 0.29) is 5.71 Å². The second-order valence-electron chi connectivity index (χ2n) is 3.86. The molecule has 0 unspecified atom stereocenters. The molecule has 1 amide bonds. The number of oxime groups is 1. The number of hydrogen-bond donors (Lipinski definition) is 2. The lowest BCUT2D eigenvalue weighted by Gasteiger charge is -2.06. The van der Waals surface area contributed by atoms with E-state index in [0.717, 1.165) is 5.56 Å². The molecule has 0 atom stereocenters. The lowest BCUT2D eigenvalue weighted by Crippen LogP contribution is -2.31. The Hall–Kier alpha value is -2.69. The van der Waals surface area contributed by atoms with E-state index in [2.05, 4.69) is 15.5 Å². The minimum Gasteiger partial charge on any atom is -0.410 e. The van der Waals surface area contributed by atoms with Gasteiger partial charge in [0.2, 0.25) is 0 Å². The summed E-state index contributed by atoms with van der Waals surface area (Å²) in [5.74, 6) is -0.433. The maximum atomic E-state index is 11.9. The third-order valence-corrected chi connectivity index (χ3v) is 2.54. The van der Waals surface area contributed by atoms with E-state index in [0.29, 0.717) is 12.1 Å². The summed E-state index contributed by atoms with van der Waals surface area (Å²) in [4.78, 5) is 15.9. The first-order chi connectivity index (χ1) is 9.31. The van der Waals surface area contributed by atoms with Crippen molar-refractivity contribution in [1.82, 2.24) is 10.3 Å². The molecule has 0 spiro atoms. The number of nitrogens with one attached hydrogen (secondary N) is 1. The number of hydrogen-bond acceptors (Lipinski definition) is 4. The lowest BCUT2D eigenvalue weighted by atomic mass is 10.1. The molecule has 0 saturated heterocycles. The Balaban J connectivity index is 2.03. The van der Waals surface area contributed by atoms with Crippen LogP contribution in [0.2, 0.25) is 0 Å². The fraction of sp³-hybridized carbons (Fsp3) is 0.0714. The second kappa shape index (κ2) is 6.30. The molecule has 0 aliphatic heterocycles. The van der Waals surface area contributed by atoms with Crippen molar-refractivity contribution < 1.29 is 10.0 Å². The van der Waals surface area contributed by atoms with E-state index in [4.69, 9.17) is 5.21 Å². The molecule has 19 heavy (non-hydrogen) atoms. The van der Waals surface area contributed by atoms with E-state index < -0.39 is 5.91 Å². The van der Waals surface area contributed by atoms with Gasteiger partial charge in [-0.05, 0) is 11.6 Å². The number of carbonyl (C=O) groups is 1. The first-order valence-corrected chi connectivity index (χ1v) is 5.76. The summed E-state index contributed by atoms with van der Waals surface area (Å²) in [6, 6.07) is 12.4. The molecule has 5 nitrogen and oxygen atoms in total. The molecule has 0 aliphatic rings. The molecule has 5 heteroatoms. The summed E-state index contributed by atoms with van der Waals surface area (Å²) in [6.45, 7) is 0.332. The zero-order valence-electron chi connectivity index (χ0n) is 10.2. The summed E-state index contributed by atoms with van der Waals surface area (Å²) < 4.78 is 0. The summed E-state index contributed by atoms with van der Waals surface area (Å²) in [6.07, 6.45) is 3.33. The molecule has 2 rings (SSSR count). The van der Waals surface area contributed by atoms with Gasteiger partial charge in [-0.1, -0.05) is 41.6 Å². The highest BCUT2D eigenvalue weighted by molar-refractivity contribution is 6.45. The molecule has 0 bridgehead atoms. The fourth-order valence-corrected chi connectivity index (χ4v) is 1.60. The van der Waals surface area contributed by atoms with Crippen molar-refractivity contribution in [2.75, 3.05) is 0 Å². The van der Waals surface area contributed by atoms with E-state index in [1.165, 1.54) is 0 Å². The van der Waals surface area contributed by atoms with Crippen LogP contribution in [0, 0.1) is 0 Å². The highest BCUT2D eigenvalue weighted by Crippen LogP contribution is 2.02. The minimum atomic E-state index is -0.433. The molecule has 0 saturated carbocycles. The Morgan fingerprint density at radius 2 is 2.00 bits per heavy atom. The van der Waals surface area contributed by atoms with E-state index >= 15 is 0 Å². The third-order valence-electron chi connectivity index (χ3n) is 2.54. The number of nitrogens with zero attached hydrogens (tertiary/aromatic N) is 2. The van der Waals surface area contributed by atoms with Crippen LogP contribution >= 0.6 is 0 Å². The smallest absolute Gasteiger partial charge is 0.274 e. The Morgan fingerprint density at radius 3 is 2.63 bits per heavy atom. The standard InChI is InChI=1S/C14H13N3O2/c18-14(16-10-11-5-4-8-15-9-11)13(17-19)12-6-2-1-3-7-12/h1-9,19H,10H2,(H,16,18). The van der Waals surface area contributed by atoms with Gasteiger partial charge in [0, 0.05) is 24.5 Å². The van der Waals surface area contributed by atoms with Crippen LogP contribution in [0.15, 0.2) is 60.0 Å². The predicted octanol–water partition coefficient (Wildman–Crippen LogP) is 1.58. The average molecular weight is 255 g/mol. The fourth-order valence-electron chi connectivity index (χ4n) is 1.60. The lowest BCUT2D eigenvalue weighted by molar-refractivity contribution is -0.115. The Kier molecular flexibility index (Phi) is 4.23. The molecule has 2 aromatic rings. The Morgan fingerprint density at radius 1 is 1.21 bits per heavy atom. The van der Waals surface area contributed by atoms with Gasteiger partial charge >= 0.3 is 0 Å². The van der Waals surface area contributed by atoms with Gasteiger partial charge in [0.15, 0.2) is 5.71 Å². The van der Waals surface area contributed by atoms with Crippen LogP contribution in [0.25, 0.3) is 0 Å². The highest BCUT2D eigenvalue weighted by atomic mass is 16.4. The van der Waals surface area contributed by atoms with Crippen LogP contribution < -0.4 is 5.32 Å². The zero-order chi connectivity index (χ0) is 13.5. The first kappa shape index (κ1) is 12.8. The monoisotopic (exact) mass is 255 g/mol. The van der Waals surface area contributed by atoms with Crippen LogP contribution in [-0.2, 0) is 11.3 Å². The number of aromatic nitrogens is 1. The molecule has 0 fully saturated rings. The van der Waals surface area contributed by atoms with Gasteiger partial charge in [-0.3, -0.25) is 9.78 Å². The van der Waals surface area contributed by atoms with Crippen molar-refractivity contribution in [3.8, 4) is 0 Å². The summed E-state index contributed by atoms with van der Waals surface area (Å²) in [5, 5.41) is 14.7. The van der Waals surface area contributed by atoms with Gasteiger partial charge in [-0.25, -0.2) is 0 Å². The van der Waals surface area contributed by atoms with E-state index in [9.17, 15) is 4.79 Å².